The van der Waals surface area contributed by atoms with Gasteiger partial charge in [0.15, 0.2) is 0 Å². The number of nitrogens with one attached hydrogen (secondary N) is 1. The molecule has 0 spiro atoms. The first-order valence-corrected chi connectivity index (χ1v) is 9.03. The van der Waals surface area contributed by atoms with Gasteiger partial charge in [-0.1, -0.05) is 12.1 Å². The Hall–Kier alpha value is -2.89. The van der Waals surface area contributed by atoms with Crippen LogP contribution < -0.4 is 10.2 Å². The molecule has 5 nitrogen and oxygen atoms in total. The van der Waals surface area contributed by atoms with Crippen LogP contribution in [-0.2, 0) is 16.0 Å². The number of halogens is 1. The molecule has 2 amide bonds. The van der Waals surface area contributed by atoms with Gasteiger partial charge in [-0.05, 0) is 48.4 Å². The smallest absolute Gasteiger partial charge is 0.229 e. The second-order valence-electron chi connectivity index (χ2n) is 7.05. The maximum atomic E-state index is 13.0. The van der Waals surface area contributed by atoms with E-state index in [9.17, 15) is 14.0 Å². The fourth-order valence-corrected chi connectivity index (χ4v) is 3.17. The van der Waals surface area contributed by atoms with Crippen LogP contribution in [0.5, 0.6) is 0 Å². The van der Waals surface area contributed by atoms with Crippen LogP contribution in [0.4, 0.5) is 15.8 Å². The average molecular weight is 369 g/mol. The molecule has 0 aliphatic carbocycles. The summed E-state index contributed by atoms with van der Waals surface area (Å²) in [5.74, 6) is -0.768. The van der Waals surface area contributed by atoms with Crippen LogP contribution in [0.1, 0.15) is 12.0 Å². The Labute approximate surface area is 158 Å². The van der Waals surface area contributed by atoms with E-state index < -0.39 is 0 Å². The van der Waals surface area contributed by atoms with Crippen molar-refractivity contribution in [3.63, 3.8) is 0 Å². The summed E-state index contributed by atoms with van der Waals surface area (Å²) < 4.78 is 13.0. The van der Waals surface area contributed by atoms with E-state index in [4.69, 9.17) is 0 Å². The predicted molar refractivity (Wildman–Crippen MR) is 104 cm³/mol. The Kier molecular flexibility index (Phi) is 5.74. The van der Waals surface area contributed by atoms with Gasteiger partial charge < -0.3 is 15.1 Å². The number of carbonyl (C=O) groups excluding carboxylic acids is 2. The Morgan fingerprint density at radius 1 is 1.15 bits per heavy atom. The van der Waals surface area contributed by atoms with Crippen LogP contribution in [0.3, 0.4) is 0 Å². The summed E-state index contributed by atoms with van der Waals surface area (Å²) in [6.07, 6.45) is 0.872. The highest BCUT2D eigenvalue weighted by molar-refractivity contribution is 5.97. The molecular weight excluding hydrogens is 345 g/mol. The molecule has 1 heterocycles. The molecule has 3 rings (SSSR count). The SMILES string of the molecule is CN(C)c1ccc(NC(=O)C2CC(=O)N(CCc3ccc(F)cc3)C2)cc1. The van der Waals surface area contributed by atoms with Crippen molar-refractivity contribution in [3.05, 3.63) is 59.9 Å². The number of nitrogens with zero attached hydrogens (tertiary/aromatic N) is 2. The summed E-state index contributed by atoms with van der Waals surface area (Å²) >= 11 is 0. The largest absolute Gasteiger partial charge is 0.378 e. The van der Waals surface area contributed by atoms with Crippen LogP contribution in [0.2, 0.25) is 0 Å². The van der Waals surface area contributed by atoms with Gasteiger partial charge in [-0.25, -0.2) is 4.39 Å². The molecular formula is C21H24FN3O2. The zero-order valence-electron chi connectivity index (χ0n) is 15.6. The minimum Gasteiger partial charge on any atom is -0.378 e. The molecule has 27 heavy (non-hydrogen) atoms. The zero-order chi connectivity index (χ0) is 19.4. The summed E-state index contributed by atoms with van der Waals surface area (Å²) in [6, 6.07) is 13.9. The molecule has 0 radical (unpaired) electrons. The molecule has 2 aromatic carbocycles. The molecule has 0 bridgehead atoms. The van der Waals surface area contributed by atoms with E-state index in [1.54, 1.807) is 17.0 Å². The van der Waals surface area contributed by atoms with Crippen LogP contribution in [-0.4, -0.2) is 43.9 Å². The first-order valence-electron chi connectivity index (χ1n) is 9.03. The number of anilines is 2. The van der Waals surface area contributed by atoms with Gasteiger partial charge in [-0.15, -0.1) is 0 Å². The lowest BCUT2D eigenvalue weighted by molar-refractivity contribution is -0.128. The van der Waals surface area contributed by atoms with E-state index in [1.165, 1.54) is 12.1 Å². The third kappa shape index (κ3) is 4.84. The lowest BCUT2D eigenvalue weighted by Crippen LogP contribution is -2.30. The molecule has 1 atom stereocenters. The molecule has 1 unspecified atom stereocenters. The number of benzene rings is 2. The number of hydrogen-bond acceptors (Lipinski definition) is 3. The van der Waals surface area contributed by atoms with E-state index in [2.05, 4.69) is 5.32 Å². The summed E-state index contributed by atoms with van der Waals surface area (Å²) in [7, 11) is 3.91. The Balaban J connectivity index is 1.52. The second kappa shape index (κ2) is 8.20. The lowest BCUT2D eigenvalue weighted by atomic mass is 10.1. The van der Waals surface area contributed by atoms with E-state index in [0.29, 0.717) is 19.5 Å². The third-order valence-electron chi connectivity index (χ3n) is 4.82. The molecule has 0 saturated carbocycles. The molecule has 1 saturated heterocycles. The van der Waals surface area contributed by atoms with E-state index in [1.807, 2.05) is 43.3 Å². The number of hydrogen-bond donors (Lipinski definition) is 1. The summed E-state index contributed by atoms with van der Waals surface area (Å²) in [6.45, 7) is 0.952. The first kappa shape index (κ1) is 18.9. The van der Waals surface area contributed by atoms with Crippen molar-refractivity contribution >= 4 is 23.2 Å². The van der Waals surface area contributed by atoms with Gasteiger partial charge in [0.2, 0.25) is 11.8 Å². The van der Waals surface area contributed by atoms with Gasteiger partial charge in [0.1, 0.15) is 5.82 Å². The number of likely N-dealkylation sites (tertiary alicyclic amines) is 1. The number of amides is 2. The maximum Gasteiger partial charge on any atom is 0.229 e. The van der Waals surface area contributed by atoms with Gasteiger partial charge in [-0.3, -0.25) is 9.59 Å². The van der Waals surface area contributed by atoms with Crippen molar-refractivity contribution in [2.24, 2.45) is 5.92 Å². The summed E-state index contributed by atoms with van der Waals surface area (Å²) in [4.78, 5) is 28.4. The molecule has 1 aliphatic rings. The van der Waals surface area contributed by atoms with Crippen molar-refractivity contribution < 1.29 is 14.0 Å². The van der Waals surface area contributed by atoms with Gasteiger partial charge in [0.25, 0.3) is 0 Å². The summed E-state index contributed by atoms with van der Waals surface area (Å²) in [5.41, 5.74) is 2.75. The first-order chi connectivity index (χ1) is 12.9. The number of rotatable bonds is 6. The molecule has 1 aliphatic heterocycles. The Morgan fingerprint density at radius 2 is 1.81 bits per heavy atom. The fraction of sp³-hybridized carbons (Fsp3) is 0.333. The van der Waals surface area contributed by atoms with Crippen LogP contribution in [0, 0.1) is 11.7 Å². The van der Waals surface area contributed by atoms with Gasteiger partial charge in [0, 0.05) is 45.0 Å². The van der Waals surface area contributed by atoms with E-state index in [-0.39, 0.29) is 30.0 Å². The minimum atomic E-state index is -0.348. The second-order valence-corrected chi connectivity index (χ2v) is 7.05. The monoisotopic (exact) mass is 369 g/mol. The predicted octanol–water partition coefficient (Wildman–Crippen LogP) is 2.92. The van der Waals surface area contributed by atoms with Gasteiger partial charge >= 0.3 is 0 Å². The van der Waals surface area contributed by atoms with Crippen molar-refractivity contribution in [1.29, 1.82) is 0 Å². The van der Waals surface area contributed by atoms with E-state index in [0.717, 1.165) is 16.9 Å². The standard InChI is InChI=1S/C21H24FN3O2/c1-24(2)19-9-7-18(8-10-19)23-21(27)16-13-20(26)25(14-16)12-11-15-3-5-17(22)6-4-15/h3-10,16H,11-14H2,1-2H3,(H,23,27). The quantitative estimate of drug-likeness (QED) is 0.852. The van der Waals surface area contributed by atoms with Gasteiger partial charge in [0.05, 0.1) is 5.92 Å². The van der Waals surface area contributed by atoms with Crippen LogP contribution in [0.25, 0.3) is 0 Å². The maximum absolute atomic E-state index is 13.0. The molecule has 2 aromatic rings. The highest BCUT2D eigenvalue weighted by atomic mass is 19.1. The van der Waals surface area contributed by atoms with Crippen molar-refractivity contribution in [2.45, 2.75) is 12.8 Å². The lowest BCUT2D eigenvalue weighted by Gasteiger charge is -2.17. The van der Waals surface area contributed by atoms with Crippen molar-refractivity contribution in [1.82, 2.24) is 4.90 Å². The molecule has 6 heteroatoms. The Bertz CT molecular complexity index is 803. The minimum absolute atomic E-state index is 0.0137. The number of carbonyl (C=O) groups is 2. The molecule has 1 N–H and O–H groups in total. The van der Waals surface area contributed by atoms with Crippen LogP contribution >= 0.6 is 0 Å². The Morgan fingerprint density at radius 3 is 2.44 bits per heavy atom. The van der Waals surface area contributed by atoms with Crippen molar-refractivity contribution in [3.8, 4) is 0 Å². The van der Waals surface area contributed by atoms with Crippen LogP contribution in [0.15, 0.2) is 48.5 Å². The van der Waals surface area contributed by atoms with E-state index >= 15 is 0 Å². The zero-order valence-corrected chi connectivity index (χ0v) is 15.6. The summed E-state index contributed by atoms with van der Waals surface area (Å²) in [5, 5.41) is 2.89. The molecule has 1 fully saturated rings. The topological polar surface area (TPSA) is 52.7 Å². The molecule has 0 aromatic heterocycles. The fourth-order valence-electron chi connectivity index (χ4n) is 3.17. The molecule has 142 valence electrons. The highest BCUT2D eigenvalue weighted by Crippen LogP contribution is 2.22. The highest BCUT2D eigenvalue weighted by Gasteiger charge is 2.34. The third-order valence-corrected chi connectivity index (χ3v) is 4.82. The average Bonchev–Trinajstić information content (AvgIpc) is 3.03. The normalized spacial score (nSPS) is 16.5. The van der Waals surface area contributed by atoms with Gasteiger partial charge in [-0.2, -0.15) is 0 Å². The van der Waals surface area contributed by atoms with Crippen molar-refractivity contribution in [2.75, 3.05) is 37.4 Å².